The summed E-state index contributed by atoms with van der Waals surface area (Å²) in [6.07, 6.45) is 0. The monoisotopic (exact) mass is 575 g/mol. The molecule has 45 heavy (non-hydrogen) atoms. The number of anilines is 3. The molecule has 0 bridgehead atoms. The normalized spacial score (nSPS) is 11.6. The summed E-state index contributed by atoms with van der Waals surface area (Å²) >= 11 is 0. The summed E-state index contributed by atoms with van der Waals surface area (Å²) in [6, 6.07) is 60.9. The molecule has 0 unspecified atom stereocenters. The number of hydrogen-bond acceptors (Lipinski definition) is 1. The van der Waals surface area contributed by atoms with Crippen molar-refractivity contribution in [2.24, 2.45) is 0 Å². The molecule has 2 aromatic heterocycles. The Hall–Kier alpha value is -6.06. The second-order valence-corrected chi connectivity index (χ2v) is 11.5. The van der Waals surface area contributed by atoms with Crippen LogP contribution in [0.15, 0.2) is 170 Å². The number of aromatic amines is 1. The van der Waals surface area contributed by atoms with Gasteiger partial charge >= 0.3 is 0 Å². The van der Waals surface area contributed by atoms with Crippen LogP contribution in [0, 0.1) is 0 Å². The molecule has 0 saturated carbocycles. The zero-order valence-corrected chi connectivity index (χ0v) is 24.6. The van der Waals surface area contributed by atoms with Gasteiger partial charge in [-0.3, -0.25) is 0 Å². The highest BCUT2D eigenvalue weighted by Gasteiger charge is 2.20. The maximum Gasteiger partial charge on any atom is 0.0546 e. The molecule has 0 aliphatic carbocycles. The fraction of sp³-hybridized carbons (Fsp3) is 0. The highest BCUT2D eigenvalue weighted by molar-refractivity contribution is 6.14. The highest BCUT2D eigenvalue weighted by atomic mass is 15.1. The van der Waals surface area contributed by atoms with Crippen LogP contribution >= 0.6 is 0 Å². The largest absolute Gasteiger partial charge is 0.354 e. The third-order valence-corrected chi connectivity index (χ3v) is 8.89. The molecule has 0 spiro atoms. The van der Waals surface area contributed by atoms with Gasteiger partial charge in [0.25, 0.3) is 0 Å². The summed E-state index contributed by atoms with van der Waals surface area (Å²) in [7, 11) is 0. The maximum absolute atomic E-state index is 3.73. The van der Waals surface area contributed by atoms with Crippen LogP contribution in [0.2, 0.25) is 0 Å². The Morgan fingerprint density at radius 1 is 0.422 bits per heavy atom. The predicted octanol–water partition coefficient (Wildman–Crippen LogP) is 11.6. The smallest absolute Gasteiger partial charge is 0.0546 e. The molecule has 0 atom stereocenters. The van der Waals surface area contributed by atoms with Gasteiger partial charge in [-0.05, 0) is 72.3 Å². The van der Waals surface area contributed by atoms with Crippen molar-refractivity contribution in [3.63, 3.8) is 0 Å². The summed E-state index contributed by atoms with van der Waals surface area (Å²) in [5.41, 5.74) is 11.6. The van der Waals surface area contributed by atoms with Gasteiger partial charge in [0.05, 0.1) is 16.6 Å². The SMILES string of the molecule is c1ccc(-c2cc(N(c3ccccc3)c3ccc4c(c3)c3ccccc3n4-c3ccccc3)cc3c2[nH]c2ccccc23)cc1. The van der Waals surface area contributed by atoms with Gasteiger partial charge in [0, 0.05) is 55.4 Å². The minimum Gasteiger partial charge on any atom is -0.354 e. The van der Waals surface area contributed by atoms with E-state index in [9.17, 15) is 0 Å². The first-order valence-corrected chi connectivity index (χ1v) is 15.4. The molecule has 7 aromatic carbocycles. The zero-order chi connectivity index (χ0) is 29.7. The van der Waals surface area contributed by atoms with E-state index in [4.69, 9.17) is 0 Å². The molecule has 3 nitrogen and oxygen atoms in total. The highest BCUT2D eigenvalue weighted by Crippen LogP contribution is 2.43. The number of aromatic nitrogens is 2. The standard InChI is InChI=1S/C42H29N3/c1-4-14-29(15-5-1)36-27-33(28-38-34-20-10-12-22-39(34)43-42(36)38)44(30-16-6-2-7-17-30)32-24-25-41-37(26-32)35-21-11-13-23-40(35)45(41)31-18-8-3-9-19-31/h1-28,43H. The van der Waals surface area contributed by atoms with Crippen molar-refractivity contribution in [3.8, 4) is 16.8 Å². The summed E-state index contributed by atoms with van der Waals surface area (Å²) in [5, 5.41) is 4.90. The maximum atomic E-state index is 3.73. The van der Waals surface area contributed by atoms with Crippen LogP contribution in [0.1, 0.15) is 0 Å². The van der Waals surface area contributed by atoms with Gasteiger partial charge in [0.2, 0.25) is 0 Å². The van der Waals surface area contributed by atoms with Crippen LogP contribution < -0.4 is 4.90 Å². The Morgan fingerprint density at radius 3 is 1.84 bits per heavy atom. The number of rotatable bonds is 5. The van der Waals surface area contributed by atoms with Gasteiger partial charge < -0.3 is 14.5 Å². The molecule has 0 saturated heterocycles. The van der Waals surface area contributed by atoms with Gasteiger partial charge in [0.15, 0.2) is 0 Å². The second kappa shape index (κ2) is 10.3. The van der Waals surface area contributed by atoms with Gasteiger partial charge in [-0.25, -0.2) is 0 Å². The van der Waals surface area contributed by atoms with Crippen molar-refractivity contribution >= 4 is 60.7 Å². The third kappa shape index (κ3) is 4.13. The lowest BCUT2D eigenvalue weighted by Gasteiger charge is -2.26. The molecule has 9 aromatic rings. The molecule has 0 amide bonds. The fourth-order valence-corrected chi connectivity index (χ4v) is 6.89. The van der Waals surface area contributed by atoms with E-state index in [1.807, 2.05) is 0 Å². The van der Waals surface area contributed by atoms with Crippen molar-refractivity contribution in [3.05, 3.63) is 170 Å². The Kier molecular flexibility index (Phi) is 5.82. The lowest BCUT2D eigenvalue weighted by molar-refractivity contribution is 1.18. The van der Waals surface area contributed by atoms with E-state index in [0.717, 1.165) is 33.8 Å². The average molecular weight is 576 g/mol. The number of para-hydroxylation sites is 4. The quantitative estimate of drug-likeness (QED) is 0.217. The average Bonchev–Trinajstić information content (AvgIpc) is 3.65. The van der Waals surface area contributed by atoms with Crippen molar-refractivity contribution in [1.82, 2.24) is 9.55 Å². The first-order valence-electron chi connectivity index (χ1n) is 15.4. The van der Waals surface area contributed by atoms with E-state index in [2.05, 4.69) is 184 Å². The van der Waals surface area contributed by atoms with E-state index in [0.29, 0.717) is 0 Å². The Bertz CT molecular complexity index is 2470. The van der Waals surface area contributed by atoms with Crippen LogP contribution in [0.4, 0.5) is 17.1 Å². The number of nitrogens with zero attached hydrogens (tertiary/aromatic N) is 2. The van der Waals surface area contributed by atoms with Crippen LogP contribution in [0.25, 0.3) is 60.4 Å². The molecule has 3 heteroatoms. The molecule has 2 heterocycles. The van der Waals surface area contributed by atoms with E-state index in [-0.39, 0.29) is 0 Å². The van der Waals surface area contributed by atoms with E-state index >= 15 is 0 Å². The third-order valence-electron chi connectivity index (χ3n) is 8.89. The molecule has 212 valence electrons. The number of nitrogens with one attached hydrogen (secondary N) is 1. The number of hydrogen-bond donors (Lipinski definition) is 1. The van der Waals surface area contributed by atoms with E-state index in [1.165, 1.54) is 43.7 Å². The van der Waals surface area contributed by atoms with Crippen LogP contribution in [0.5, 0.6) is 0 Å². The summed E-state index contributed by atoms with van der Waals surface area (Å²) < 4.78 is 2.37. The molecule has 0 aliphatic rings. The minimum absolute atomic E-state index is 1.11. The molecular formula is C42H29N3. The van der Waals surface area contributed by atoms with E-state index in [1.54, 1.807) is 0 Å². The van der Waals surface area contributed by atoms with Crippen LogP contribution in [-0.4, -0.2) is 9.55 Å². The van der Waals surface area contributed by atoms with Crippen LogP contribution in [0.3, 0.4) is 0 Å². The lowest BCUT2D eigenvalue weighted by atomic mass is 10.00. The number of benzene rings is 7. The van der Waals surface area contributed by atoms with Gasteiger partial charge in [-0.15, -0.1) is 0 Å². The molecule has 0 aliphatic heterocycles. The van der Waals surface area contributed by atoms with Crippen molar-refractivity contribution < 1.29 is 0 Å². The molecular weight excluding hydrogens is 546 g/mol. The Balaban J connectivity index is 1.33. The molecule has 0 radical (unpaired) electrons. The zero-order valence-electron chi connectivity index (χ0n) is 24.6. The van der Waals surface area contributed by atoms with Crippen LogP contribution in [-0.2, 0) is 0 Å². The first-order chi connectivity index (χ1) is 22.3. The summed E-state index contributed by atoms with van der Waals surface area (Å²) in [5.74, 6) is 0. The van der Waals surface area contributed by atoms with Crippen molar-refractivity contribution in [2.75, 3.05) is 4.90 Å². The first kappa shape index (κ1) is 25.4. The lowest BCUT2D eigenvalue weighted by Crippen LogP contribution is -2.10. The number of fused-ring (bicyclic) bond motifs is 6. The van der Waals surface area contributed by atoms with Gasteiger partial charge in [0.1, 0.15) is 0 Å². The molecule has 9 rings (SSSR count). The van der Waals surface area contributed by atoms with E-state index < -0.39 is 0 Å². The molecule has 1 N–H and O–H groups in total. The van der Waals surface area contributed by atoms with Crippen molar-refractivity contribution in [1.29, 1.82) is 0 Å². The summed E-state index contributed by atoms with van der Waals surface area (Å²) in [6.45, 7) is 0. The predicted molar refractivity (Wildman–Crippen MR) is 190 cm³/mol. The summed E-state index contributed by atoms with van der Waals surface area (Å²) in [4.78, 5) is 6.12. The van der Waals surface area contributed by atoms with Gasteiger partial charge in [-0.1, -0.05) is 103 Å². The fourth-order valence-electron chi connectivity index (χ4n) is 6.89. The number of H-pyrrole nitrogens is 1. The topological polar surface area (TPSA) is 24.0 Å². The molecule has 0 fully saturated rings. The Labute approximate surface area is 261 Å². The second-order valence-electron chi connectivity index (χ2n) is 11.5. The van der Waals surface area contributed by atoms with Gasteiger partial charge in [-0.2, -0.15) is 0 Å². The Morgan fingerprint density at radius 2 is 1.04 bits per heavy atom. The minimum atomic E-state index is 1.11. The van der Waals surface area contributed by atoms with Crippen molar-refractivity contribution in [2.45, 2.75) is 0 Å².